The maximum atomic E-state index is 14.8. The first-order chi connectivity index (χ1) is 14.6. The fourth-order valence-electron chi connectivity index (χ4n) is 3.67. The number of carbonyl (C=O) groups is 1. The molecular formula is C22H23ClF2N2O3S. The van der Waals surface area contributed by atoms with Crippen molar-refractivity contribution in [3.8, 4) is 0 Å². The molecule has 0 unspecified atom stereocenters. The van der Waals surface area contributed by atoms with Crippen LogP contribution in [-0.4, -0.2) is 33.2 Å². The molecule has 0 spiro atoms. The van der Waals surface area contributed by atoms with Gasteiger partial charge < -0.3 is 10.2 Å². The van der Waals surface area contributed by atoms with Crippen molar-refractivity contribution >= 4 is 33.0 Å². The molecule has 0 saturated carbocycles. The maximum absolute atomic E-state index is 14.8. The summed E-state index contributed by atoms with van der Waals surface area (Å²) in [5.74, 6) is -2.94. The van der Waals surface area contributed by atoms with Gasteiger partial charge in [-0.25, -0.2) is 17.2 Å². The molecule has 9 heteroatoms. The topological polar surface area (TPSA) is 66.5 Å². The van der Waals surface area contributed by atoms with Crippen LogP contribution < -0.4 is 10.2 Å². The largest absolute Gasteiger partial charge is 0.364 e. The molecule has 1 N–H and O–H groups in total. The van der Waals surface area contributed by atoms with Crippen LogP contribution in [0.15, 0.2) is 47.9 Å². The van der Waals surface area contributed by atoms with Crippen LogP contribution in [0.4, 0.5) is 14.5 Å². The molecule has 1 amide bonds. The minimum absolute atomic E-state index is 0.117. The summed E-state index contributed by atoms with van der Waals surface area (Å²) in [7, 11) is -3.38. The Morgan fingerprint density at radius 1 is 1.26 bits per heavy atom. The molecule has 0 bridgehead atoms. The van der Waals surface area contributed by atoms with Gasteiger partial charge in [0.25, 0.3) is 5.91 Å². The number of amides is 1. The molecule has 0 aromatic heterocycles. The van der Waals surface area contributed by atoms with Gasteiger partial charge in [0, 0.05) is 35.0 Å². The van der Waals surface area contributed by atoms with E-state index in [4.69, 9.17) is 11.6 Å². The number of hydrogen-bond donors (Lipinski definition) is 1. The van der Waals surface area contributed by atoms with E-state index in [1.54, 1.807) is 6.07 Å². The van der Waals surface area contributed by atoms with E-state index in [1.165, 1.54) is 13.0 Å². The SMILES string of the molecule is C[C@H](/C=C/S(C)(=O)=O)NC(=O)c1c(F)cc(N2CCC[C@H]2c2ccccc2Cl)cc1F. The van der Waals surface area contributed by atoms with E-state index in [0.717, 1.165) is 42.2 Å². The molecule has 0 radical (unpaired) electrons. The Balaban J connectivity index is 1.84. The Hall–Kier alpha value is -2.45. The van der Waals surface area contributed by atoms with Crippen LogP contribution in [0.2, 0.25) is 5.02 Å². The number of carbonyl (C=O) groups excluding carboxylic acids is 1. The Labute approximate surface area is 185 Å². The van der Waals surface area contributed by atoms with E-state index in [2.05, 4.69) is 5.32 Å². The van der Waals surface area contributed by atoms with Crippen LogP contribution in [0.1, 0.15) is 41.7 Å². The van der Waals surface area contributed by atoms with Crippen LogP contribution >= 0.6 is 11.6 Å². The Morgan fingerprint density at radius 2 is 1.90 bits per heavy atom. The second-order valence-corrected chi connectivity index (χ2v) is 9.92. The van der Waals surface area contributed by atoms with E-state index >= 15 is 0 Å². The molecule has 2 atom stereocenters. The summed E-state index contributed by atoms with van der Waals surface area (Å²) in [6.07, 6.45) is 3.87. The van der Waals surface area contributed by atoms with Gasteiger partial charge in [-0.2, -0.15) is 0 Å². The quantitative estimate of drug-likeness (QED) is 0.671. The normalized spacial score (nSPS) is 17.8. The van der Waals surface area contributed by atoms with Gasteiger partial charge in [-0.3, -0.25) is 4.79 Å². The first-order valence-electron chi connectivity index (χ1n) is 9.76. The number of halogens is 3. The lowest BCUT2D eigenvalue weighted by atomic mass is 10.0. The van der Waals surface area contributed by atoms with Crippen molar-refractivity contribution in [1.82, 2.24) is 5.32 Å². The van der Waals surface area contributed by atoms with Crippen molar-refractivity contribution in [3.63, 3.8) is 0 Å². The molecular weight excluding hydrogens is 446 g/mol. The maximum Gasteiger partial charge on any atom is 0.257 e. The molecule has 0 aliphatic carbocycles. The van der Waals surface area contributed by atoms with Crippen LogP contribution in [-0.2, 0) is 9.84 Å². The molecule has 166 valence electrons. The highest BCUT2D eigenvalue weighted by atomic mass is 35.5. The zero-order chi connectivity index (χ0) is 22.8. The smallest absolute Gasteiger partial charge is 0.257 e. The summed E-state index contributed by atoms with van der Waals surface area (Å²) in [6, 6.07) is 8.80. The predicted molar refractivity (Wildman–Crippen MR) is 118 cm³/mol. The molecule has 1 heterocycles. The molecule has 2 aromatic rings. The van der Waals surface area contributed by atoms with E-state index in [9.17, 15) is 22.0 Å². The van der Waals surface area contributed by atoms with Gasteiger partial charge in [0.15, 0.2) is 9.84 Å². The third-order valence-corrected chi connectivity index (χ3v) is 6.07. The Kier molecular flexibility index (Phi) is 7.01. The first-order valence-corrected chi connectivity index (χ1v) is 12.1. The minimum Gasteiger partial charge on any atom is -0.364 e. The zero-order valence-electron chi connectivity index (χ0n) is 17.1. The number of sulfone groups is 1. The molecule has 1 aliphatic heterocycles. The van der Waals surface area contributed by atoms with Gasteiger partial charge in [-0.1, -0.05) is 35.9 Å². The van der Waals surface area contributed by atoms with Gasteiger partial charge >= 0.3 is 0 Å². The van der Waals surface area contributed by atoms with Crippen molar-refractivity contribution in [3.05, 3.63) is 75.7 Å². The first kappa shape index (κ1) is 23.2. The summed E-state index contributed by atoms with van der Waals surface area (Å²) in [5, 5.41) is 3.90. The molecule has 2 aromatic carbocycles. The second-order valence-electron chi connectivity index (χ2n) is 7.58. The van der Waals surface area contributed by atoms with Crippen molar-refractivity contribution in [2.24, 2.45) is 0 Å². The summed E-state index contributed by atoms with van der Waals surface area (Å²) in [5.41, 5.74) is 0.506. The molecule has 31 heavy (non-hydrogen) atoms. The van der Waals surface area contributed by atoms with Crippen LogP contribution in [0, 0.1) is 11.6 Å². The van der Waals surface area contributed by atoms with E-state index in [0.29, 0.717) is 17.3 Å². The summed E-state index contributed by atoms with van der Waals surface area (Å²) < 4.78 is 51.9. The summed E-state index contributed by atoms with van der Waals surface area (Å²) in [6.45, 7) is 2.11. The van der Waals surface area contributed by atoms with Gasteiger partial charge in [-0.05, 0) is 43.5 Å². The van der Waals surface area contributed by atoms with Crippen LogP contribution in [0.3, 0.4) is 0 Å². The zero-order valence-corrected chi connectivity index (χ0v) is 18.7. The van der Waals surface area contributed by atoms with E-state index < -0.39 is 39.0 Å². The number of nitrogens with zero attached hydrogens (tertiary/aromatic N) is 1. The average Bonchev–Trinajstić information content (AvgIpc) is 3.15. The minimum atomic E-state index is -3.38. The lowest BCUT2D eigenvalue weighted by Gasteiger charge is -2.28. The highest BCUT2D eigenvalue weighted by Gasteiger charge is 2.30. The fraction of sp³-hybridized carbons (Fsp3) is 0.318. The Bertz CT molecular complexity index is 1100. The monoisotopic (exact) mass is 468 g/mol. The summed E-state index contributed by atoms with van der Waals surface area (Å²) >= 11 is 6.32. The van der Waals surface area contributed by atoms with Crippen molar-refractivity contribution < 1.29 is 22.0 Å². The van der Waals surface area contributed by atoms with Gasteiger partial charge in [0.1, 0.15) is 17.2 Å². The van der Waals surface area contributed by atoms with Crippen molar-refractivity contribution in [1.29, 1.82) is 0 Å². The third kappa shape index (κ3) is 5.62. The fourth-order valence-corrected chi connectivity index (χ4v) is 4.46. The Morgan fingerprint density at radius 3 is 2.52 bits per heavy atom. The second kappa shape index (κ2) is 9.36. The van der Waals surface area contributed by atoms with Crippen molar-refractivity contribution in [2.75, 3.05) is 17.7 Å². The lowest BCUT2D eigenvalue weighted by molar-refractivity contribution is 0.0938. The van der Waals surface area contributed by atoms with Crippen LogP contribution in [0.25, 0.3) is 0 Å². The number of nitrogens with one attached hydrogen (secondary N) is 1. The standard InChI is InChI=1S/C22H23ClF2N2O3S/c1-14(9-11-31(2,29)30)26-22(28)21-18(24)12-15(13-19(21)25)27-10-5-8-20(27)16-6-3-4-7-17(16)23/h3-4,6-7,9,11-14,20H,5,8,10H2,1-2H3,(H,26,28)/b11-9+/t14-,20+/m1/s1. The number of hydrogen-bond acceptors (Lipinski definition) is 4. The molecule has 3 rings (SSSR count). The highest BCUT2D eigenvalue weighted by molar-refractivity contribution is 7.93. The van der Waals surface area contributed by atoms with Gasteiger partial charge in [-0.15, -0.1) is 0 Å². The van der Waals surface area contributed by atoms with Gasteiger partial charge in [0.2, 0.25) is 0 Å². The lowest BCUT2D eigenvalue weighted by Crippen LogP contribution is -2.33. The molecule has 1 aliphatic rings. The van der Waals surface area contributed by atoms with E-state index in [-0.39, 0.29) is 6.04 Å². The van der Waals surface area contributed by atoms with Gasteiger partial charge in [0.05, 0.1) is 6.04 Å². The number of benzene rings is 2. The van der Waals surface area contributed by atoms with E-state index in [1.807, 2.05) is 23.1 Å². The number of rotatable bonds is 6. The third-order valence-electron chi connectivity index (χ3n) is 5.08. The van der Waals surface area contributed by atoms with Crippen LogP contribution in [0.5, 0.6) is 0 Å². The summed E-state index contributed by atoms with van der Waals surface area (Å²) in [4.78, 5) is 14.3. The van der Waals surface area contributed by atoms with Crippen molar-refractivity contribution in [2.45, 2.75) is 31.8 Å². The molecule has 5 nitrogen and oxygen atoms in total. The molecule has 1 saturated heterocycles. The number of anilines is 1. The highest BCUT2D eigenvalue weighted by Crippen LogP contribution is 2.39. The molecule has 1 fully saturated rings. The predicted octanol–water partition coefficient (Wildman–Crippen LogP) is 4.64. The average molecular weight is 469 g/mol.